The molecule has 1 atom stereocenters. The summed E-state index contributed by atoms with van der Waals surface area (Å²) in [7, 11) is 3.41. The Bertz CT molecular complexity index is 1030. The highest BCUT2D eigenvalue weighted by atomic mass is 32.2. The van der Waals surface area contributed by atoms with Gasteiger partial charge >= 0.3 is 5.91 Å². The first-order valence-corrected chi connectivity index (χ1v) is 13.9. The van der Waals surface area contributed by atoms with Gasteiger partial charge in [0.1, 0.15) is 23.0 Å². The Morgan fingerprint density at radius 1 is 1.24 bits per heavy atom. The number of fused-ring (bicyclic) bond motifs is 1. The number of likely N-dealkylation sites (N-methyl/N-ethyl adjacent to an activating group) is 1. The third-order valence-electron chi connectivity index (χ3n) is 6.39. The SMILES string of the molecule is COc1ccc(/C=C2\SC3C=CC(C(=O)NCCCSC4CCCCC4)=CC3=[N+](C)C2=O)cc1. The number of nitrogens with zero attached hydrogens (tertiary/aromatic N) is 1. The van der Waals surface area contributed by atoms with Crippen molar-refractivity contribution in [1.29, 1.82) is 0 Å². The van der Waals surface area contributed by atoms with Gasteiger partial charge < -0.3 is 10.1 Å². The topological polar surface area (TPSA) is 58.4 Å². The second kappa shape index (κ2) is 11.9. The number of carbonyl (C=O) groups excluding carboxylic acids is 2. The van der Waals surface area contributed by atoms with Gasteiger partial charge in [-0.1, -0.05) is 55.3 Å². The predicted octanol–water partition coefficient (Wildman–Crippen LogP) is 4.83. The molecule has 2 aliphatic carbocycles. The summed E-state index contributed by atoms with van der Waals surface area (Å²) in [6.45, 7) is 0.681. The number of ether oxygens (including phenoxy) is 1. The van der Waals surface area contributed by atoms with E-state index >= 15 is 0 Å². The zero-order valence-electron chi connectivity index (χ0n) is 19.9. The van der Waals surface area contributed by atoms with Gasteiger partial charge in [-0.2, -0.15) is 16.3 Å². The van der Waals surface area contributed by atoms with Crippen LogP contribution in [0.25, 0.3) is 6.08 Å². The fourth-order valence-electron chi connectivity index (χ4n) is 4.38. The quantitative estimate of drug-likeness (QED) is 0.317. The van der Waals surface area contributed by atoms with Crippen LogP contribution in [0.15, 0.2) is 53.0 Å². The van der Waals surface area contributed by atoms with E-state index in [4.69, 9.17) is 4.74 Å². The average molecular weight is 498 g/mol. The smallest absolute Gasteiger partial charge is 0.425 e. The fraction of sp³-hybridized carbons (Fsp3) is 0.444. The van der Waals surface area contributed by atoms with Gasteiger partial charge in [0.2, 0.25) is 5.71 Å². The molecule has 1 heterocycles. The molecule has 3 aliphatic rings. The first-order valence-electron chi connectivity index (χ1n) is 12.0. The summed E-state index contributed by atoms with van der Waals surface area (Å²) in [5.74, 6) is 1.75. The summed E-state index contributed by atoms with van der Waals surface area (Å²) in [5.41, 5.74) is 2.40. The molecule has 34 heavy (non-hydrogen) atoms. The van der Waals surface area contributed by atoms with Crippen molar-refractivity contribution in [3.05, 3.63) is 58.5 Å². The molecule has 4 rings (SSSR count). The lowest BCUT2D eigenvalue weighted by atomic mass is 10.0. The maximum Gasteiger partial charge on any atom is 0.425 e. The van der Waals surface area contributed by atoms with Crippen LogP contribution in [0, 0.1) is 0 Å². The van der Waals surface area contributed by atoms with E-state index in [1.54, 1.807) is 18.7 Å². The highest BCUT2D eigenvalue weighted by molar-refractivity contribution is 8.05. The Hall–Kier alpha value is -2.25. The molecule has 2 amide bonds. The van der Waals surface area contributed by atoms with Crippen LogP contribution in [-0.2, 0) is 9.59 Å². The number of thioether (sulfide) groups is 2. The van der Waals surface area contributed by atoms with Crippen molar-refractivity contribution in [3.63, 3.8) is 0 Å². The van der Waals surface area contributed by atoms with Crippen LogP contribution < -0.4 is 10.1 Å². The van der Waals surface area contributed by atoms with Gasteiger partial charge in [-0.25, -0.2) is 4.79 Å². The number of hydrogen-bond donors (Lipinski definition) is 1. The first-order chi connectivity index (χ1) is 16.5. The molecule has 7 heteroatoms. The Morgan fingerprint density at radius 3 is 2.74 bits per heavy atom. The first kappa shape index (κ1) is 24.9. The van der Waals surface area contributed by atoms with Crippen molar-refractivity contribution >= 4 is 47.1 Å². The minimum absolute atomic E-state index is 0.00985. The van der Waals surface area contributed by atoms with E-state index in [1.807, 2.05) is 48.6 Å². The lowest BCUT2D eigenvalue weighted by Gasteiger charge is -2.21. The zero-order valence-corrected chi connectivity index (χ0v) is 21.6. The molecule has 0 bridgehead atoms. The minimum atomic E-state index is -0.0738. The molecule has 1 aliphatic heterocycles. The molecular weight excluding hydrogens is 464 g/mol. The largest absolute Gasteiger partial charge is 0.497 e. The van der Waals surface area contributed by atoms with Crippen molar-refractivity contribution < 1.29 is 18.9 Å². The Kier molecular flexibility index (Phi) is 8.73. The van der Waals surface area contributed by atoms with E-state index in [0.29, 0.717) is 17.0 Å². The van der Waals surface area contributed by atoms with E-state index in [9.17, 15) is 9.59 Å². The molecule has 1 saturated carbocycles. The van der Waals surface area contributed by atoms with Gasteiger partial charge in [0.05, 0.1) is 7.11 Å². The van der Waals surface area contributed by atoms with Crippen LogP contribution in [0.4, 0.5) is 0 Å². The van der Waals surface area contributed by atoms with Crippen molar-refractivity contribution in [3.8, 4) is 5.75 Å². The van der Waals surface area contributed by atoms with Crippen LogP contribution in [0.2, 0.25) is 0 Å². The second-order valence-electron chi connectivity index (χ2n) is 8.81. The molecule has 0 aromatic heterocycles. The highest BCUT2D eigenvalue weighted by Crippen LogP contribution is 2.33. The third kappa shape index (κ3) is 6.25. The summed E-state index contributed by atoms with van der Waals surface area (Å²) in [5, 5.41) is 3.86. The molecule has 1 aromatic rings. The maximum absolute atomic E-state index is 13.0. The van der Waals surface area contributed by atoms with E-state index in [-0.39, 0.29) is 17.1 Å². The monoisotopic (exact) mass is 497 g/mol. The second-order valence-corrected chi connectivity index (χ2v) is 11.4. The normalized spacial score (nSPS) is 21.9. The summed E-state index contributed by atoms with van der Waals surface area (Å²) >= 11 is 3.58. The highest BCUT2D eigenvalue weighted by Gasteiger charge is 2.37. The van der Waals surface area contributed by atoms with E-state index in [2.05, 4.69) is 17.1 Å². The molecule has 180 valence electrons. The molecule has 0 radical (unpaired) electrons. The van der Waals surface area contributed by atoms with E-state index in [0.717, 1.165) is 34.4 Å². The van der Waals surface area contributed by atoms with E-state index in [1.165, 1.54) is 43.9 Å². The minimum Gasteiger partial charge on any atom is -0.497 e. The zero-order chi connectivity index (χ0) is 23.9. The van der Waals surface area contributed by atoms with Crippen LogP contribution in [0.3, 0.4) is 0 Å². The number of amides is 2. The van der Waals surface area contributed by atoms with Crippen molar-refractivity contribution in [2.45, 2.75) is 49.0 Å². The van der Waals surface area contributed by atoms with Crippen molar-refractivity contribution in [2.24, 2.45) is 0 Å². The van der Waals surface area contributed by atoms with Crippen molar-refractivity contribution in [1.82, 2.24) is 5.32 Å². The number of benzene rings is 1. The summed E-state index contributed by atoms with van der Waals surface area (Å²) in [4.78, 5) is 26.4. The Balaban J connectivity index is 1.34. The fourth-order valence-corrected chi connectivity index (χ4v) is 6.91. The summed E-state index contributed by atoms with van der Waals surface area (Å²) in [6.07, 6.45) is 15.4. The van der Waals surface area contributed by atoms with Gasteiger partial charge in [-0.15, -0.1) is 0 Å². The number of hydrogen-bond acceptors (Lipinski definition) is 5. The average Bonchev–Trinajstić information content (AvgIpc) is 2.87. The van der Waals surface area contributed by atoms with Crippen molar-refractivity contribution in [2.75, 3.05) is 26.5 Å². The maximum atomic E-state index is 13.0. The number of methoxy groups -OCH3 is 1. The number of carbonyl (C=O) groups is 2. The molecule has 1 aromatic carbocycles. The molecule has 1 N–H and O–H groups in total. The molecular formula is C27H33N2O3S2+. The molecule has 5 nitrogen and oxygen atoms in total. The van der Waals surface area contributed by atoms with Gasteiger partial charge in [-0.3, -0.25) is 4.79 Å². The van der Waals surface area contributed by atoms with Gasteiger partial charge in [0.25, 0.3) is 5.91 Å². The Labute approximate surface area is 210 Å². The van der Waals surface area contributed by atoms with Gasteiger partial charge in [-0.05, 0) is 48.8 Å². The van der Waals surface area contributed by atoms with E-state index < -0.39 is 0 Å². The van der Waals surface area contributed by atoms with Crippen LogP contribution in [0.5, 0.6) is 5.75 Å². The lowest BCUT2D eigenvalue weighted by Crippen LogP contribution is -2.37. The predicted molar refractivity (Wildman–Crippen MR) is 143 cm³/mol. The molecule has 0 saturated heterocycles. The number of allylic oxidation sites excluding steroid dienone is 1. The molecule has 0 spiro atoms. The summed E-state index contributed by atoms with van der Waals surface area (Å²) in [6, 6.07) is 7.64. The van der Waals surface area contributed by atoms with Gasteiger partial charge in [0.15, 0.2) is 0 Å². The standard InChI is InChI=1S/C27H32N2O3S2/c1-29-23-18-20(26(30)28-15-6-16-33-22-7-4-3-5-8-22)11-14-24(23)34-25(27(29)31)17-19-9-12-21(32-2)13-10-19/h9-14,17-18,22,24H,3-8,15-16H2,1-2H3/p+1/b25-17-. The lowest BCUT2D eigenvalue weighted by molar-refractivity contribution is -0.413. The van der Waals surface area contributed by atoms with Crippen LogP contribution in [0.1, 0.15) is 44.1 Å². The molecule has 1 unspecified atom stereocenters. The molecule has 1 fully saturated rings. The summed E-state index contributed by atoms with van der Waals surface area (Å²) < 4.78 is 6.87. The third-order valence-corrected chi connectivity index (χ3v) is 9.06. The van der Waals surface area contributed by atoms with Gasteiger partial charge in [0, 0.05) is 23.4 Å². The van der Waals surface area contributed by atoms with Crippen LogP contribution in [-0.4, -0.2) is 59.1 Å². The Morgan fingerprint density at radius 2 is 2.00 bits per heavy atom. The van der Waals surface area contributed by atoms with Crippen LogP contribution >= 0.6 is 23.5 Å². The number of nitrogens with one attached hydrogen (secondary N) is 1. The number of rotatable bonds is 8.